The Kier molecular flexibility index (Phi) is 8.39. The van der Waals surface area contributed by atoms with E-state index in [1.165, 1.54) is 0 Å². The molecule has 156 valence electrons. The molecule has 0 aliphatic rings. The third kappa shape index (κ3) is 5.89. The average Bonchev–Trinajstić information content (AvgIpc) is 2.79. The summed E-state index contributed by atoms with van der Waals surface area (Å²) in [7, 11) is 0. The van der Waals surface area contributed by atoms with E-state index < -0.39 is 0 Å². The number of benzene rings is 3. The van der Waals surface area contributed by atoms with Crippen molar-refractivity contribution in [3.05, 3.63) is 101 Å². The second-order valence-electron chi connectivity index (χ2n) is 6.96. The summed E-state index contributed by atoms with van der Waals surface area (Å²) in [5, 5.41) is 1.38. The monoisotopic (exact) mass is 439 g/mol. The number of halogens is 2. The molecule has 0 aliphatic heterocycles. The molecular weight excluding hydrogens is 413 g/mol. The summed E-state index contributed by atoms with van der Waals surface area (Å²) in [6, 6.07) is 25.9. The van der Waals surface area contributed by atoms with Crippen molar-refractivity contribution in [3.8, 4) is 5.75 Å². The molecule has 4 heteroatoms. The molecular formula is C26H27Cl2NO. The molecule has 2 nitrogen and oxygen atoms in total. The third-order valence-electron chi connectivity index (χ3n) is 5.09. The quantitative estimate of drug-likeness (QED) is 0.326. The van der Waals surface area contributed by atoms with Gasteiger partial charge in [-0.1, -0.05) is 91.6 Å². The first-order chi connectivity index (χ1) is 14.6. The van der Waals surface area contributed by atoms with Crippen molar-refractivity contribution < 1.29 is 4.74 Å². The van der Waals surface area contributed by atoms with Gasteiger partial charge < -0.3 is 9.64 Å². The summed E-state index contributed by atoms with van der Waals surface area (Å²) in [5.41, 5.74) is 4.01. The number of ether oxygens (including phenoxy) is 1. The number of hydrogen-bond acceptors (Lipinski definition) is 2. The van der Waals surface area contributed by atoms with E-state index in [-0.39, 0.29) is 0 Å². The van der Waals surface area contributed by atoms with Crippen LogP contribution in [0.5, 0.6) is 5.75 Å². The van der Waals surface area contributed by atoms with Crippen molar-refractivity contribution in [2.45, 2.75) is 13.8 Å². The second-order valence-corrected chi connectivity index (χ2v) is 7.78. The van der Waals surface area contributed by atoms with Crippen LogP contribution in [0.3, 0.4) is 0 Å². The largest absolute Gasteiger partial charge is 0.492 e. The Morgan fingerprint density at radius 2 is 1.33 bits per heavy atom. The molecule has 0 aromatic heterocycles. The van der Waals surface area contributed by atoms with Gasteiger partial charge in [-0.05, 0) is 54.0 Å². The summed E-state index contributed by atoms with van der Waals surface area (Å²) in [4.78, 5) is 2.34. The number of likely N-dealkylation sites (N-methyl/N-ethyl adjacent to an activating group) is 1. The standard InChI is InChI=1S/C26H27Cl2NO/c1-3-29(4-2)18-19-30-24-16-12-21(13-17-24)25(20-8-6-5-7-9-20)26(28)22-10-14-23(27)15-11-22/h5-17H,3-4,18-19H2,1-2H3/b26-25-. The predicted molar refractivity (Wildman–Crippen MR) is 129 cm³/mol. The van der Waals surface area contributed by atoms with Gasteiger partial charge in [-0.25, -0.2) is 0 Å². The van der Waals surface area contributed by atoms with Crippen molar-refractivity contribution in [1.82, 2.24) is 4.90 Å². The maximum absolute atomic E-state index is 6.88. The van der Waals surface area contributed by atoms with Crippen LogP contribution in [-0.2, 0) is 0 Å². The molecule has 3 aromatic carbocycles. The third-order valence-corrected chi connectivity index (χ3v) is 5.75. The zero-order valence-electron chi connectivity index (χ0n) is 17.4. The van der Waals surface area contributed by atoms with Crippen LogP contribution in [-0.4, -0.2) is 31.1 Å². The van der Waals surface area contributed by atoms with E-state index in [0.717, 1.165) is 47.6 Å². The van der Waals surface area contributed by atoms with Crippen molar-refractivity contribution in [2.24, 2.45) is 0 Å². The van der Waals surface area contributed by atoms with Crippen LogP contribution in [0, 0.1) is 0 Å². The molecule has 3 aromatic rings. The van der Waals surface area contributed by atoms with Crippen molar-refractivity contribution in [3.63, 3.8) is 0 Å². The predicted octanol–water partition coefficient (Wildman–Crippen LogP) is 7.22. The minimum Gasteiger partial charge on any atom is -0.492 e. The molecule has 0 heterocycles. The van der Waals surface area contributed by atoms with Gasteiger partial charge in [0.2, 0.25) is 0 Å². The van der Waals surface area contributed by atoms with Gasteiger partial charge in [0.1, 0.15) is 12.4 Å². The van der Waals surface area contributed by atoms with Crippen molar-refractivity contribution in [1.29, 1.82) is 0 Å². The van der Waals surface area contributed by atoms with Crippen molar-refractivity contribution >= 4 is 33.8 Å². The van der Waals surface area contributed by atoms with Gasteiger partial charge in [0.25, 0.3) is 0 Å². The van der Waals surface area contributed by atoms with Crippen LogP contribution < -0.4 is 4.74 Å². The molecule has 30 heavy (non-hydrogen) atoms. The van der Waals surface area contributed by atoms with Gasteiger partial charge in [-0.2, -0.15) is 0 Å². The molecule has 0 spiro atoms. The zero-order chi connectivity index (χ0) is 21.3. The highest BCUT2D eigenvalue weighted by molar-refractivity contribution is 6.53. The molecule has 0 radical (unpaired) electrons. The maximum atomic E-state index is 6.88. The summed E-state index contributed by atoms with van der Waals surface area (Å²) < 4.78 is 5.93. The van der Waals surface area contributed by atoms with E-state index in [2.05, 4.69) is 43.0 Å². The number of rotatable bonds is 9. The molecule has 0 saturated carbocycles. The molecule has 0 aliphatic carbocycles. The summed E-state index contributed by atoms with van der Waals surface area (Å²) >= 11 is 12.9. The first-order valence-electron chi connectivity index (χ1n) is 10.3. The first-order valence-corrected chi connectivity index (χ1v) is 11.0. The lowest BCUT2D eigenvalue weighted by molar-refractivity contribution is 0.223. The number of hydrogen-bond donors (Lipinski definition) is 0. The second kappa shape index (κ2) is 11.2. The molecule has 0 bridgehead atoms. The Balaban J connectivity index is 1.88. The zero-order valence-corrected chi connectivity index (χ0v) is 19.0. The van der Waals surface area contributed by atoms with E-state index in [4.69, 9.17) is 27.9 Å². The smallest absolute Gasteiger partial charge is 0.119 e. The normalized spacial score (nSPS) is 12.0. The van der Waals surface area contributed by atoms with E-state index in [1.54, 1.807) is 0 Å². The van der Waals surface area contributed by atoms with E-state index >= 15 is 0 Å². The lowest BCUT2D eigenvalue weighted by Gasteiger charge is -2.18. The molecule has 0 fully saturated rings. The molecule has 0 unspecified atom stereocenters. The molecule has 0 atom stereocenters. The van der Waals surface area contributed by atoms with Gasteiger partial charge in [0.15, 0.2) is 0 Å². The Hall–Kier alpha value is -2.26. The lowest BCUT2D eigenvalue weighted by atomic mass is 9.95. The number of nitrogens with zero attached hydrogens (tertiary/aromatic N) is 1. The molecule has 3 rings (SSSR count). The van der Waals surface area contributed by atoms with Crippen LogP contribution in [0.25, 0.3) is 10.6 Å². The van der Waals surface area contributed by atoms with Gasteiger partial charge >= 0.3 is 0 Å². The first kappa shape index (κ1) is 22.4. The SMILES string of the molecule is CCN(CC)CCOc1ccc(/C(=C(\Cl)c2ccc(Cl)cc2)c2ccccc2)cc1. The van der Waals surface area contributed by atoms with Gasteiger partial charge in [-0.15, -0.1) is 0 Å². The van der Waals surface area contributed by atoms with Gasteiger partial charge in [-0.3, -0.25) is 0 Å². The Morgan fingerprint density at radius 3 is 1.93 bits per heavy atom. The molecule has 0 amide bonds. The summed E-state index contributed by atoms with van der Waals surface area (Å²) in [6.07, 6.45) is 0. The molecule has 0 N–H and O–H groups in total. The lowest BCUT2D eigenvalue weighted by Crippen LogP contribution is -2.27. The molecule has 0 saturated heterocycles. The fourth-order valence-corrected chi connectivity index (χ4v) is 3.79. The Bertz CT molecular complexity index is 947. The van der Waals surface area contributed by atoms with Crippen LogP contribution in [0.1, 0.15) is 30.5 Å². The van der Waals surface area contributed by atoms with Gasteiger partial charge in [0.05, 0.1) is 5.03 Å². The van der Waals surface area contributed by atoms with E-state index in [1.807, 2.05) is 54.6 Å². The maximum Gasteiger partial charge on any atom is 0.119 e. The van der Waals surface area contributed by atoms with Crippen LogP contribution in [0.2, 0.25) is 5.02 Å². The average molecular weight is 440 g/mol. The minimum absolute atomic E-state index is 0.675. The highest BCUT2D eigenvalue weighted by Crippen LogP contribution is 2.35. The summed E-state index contributed by atoms with van der Waals surface area (Å²) in [5.74, 6) is 0.862. The van der Waals surface area contributed by atoms with Crippen LogP contribution in [0.15, 0.2) is 78.9 Å². The van der Waals surface area contributed by atoms with Gasteiger partial charge in [0, 0.05) is 17.1 Å². The Morgan fingerprint density at radius 1 is 0.767 bits per heavy atom. The van der Waals surface area contributed by atoms with E-state index in [0.29, 0.717) is 16.7 Å². The Labute approximate surface area is 189 Å². The van der Waals surface area contributed by atoms with Crippen molar-refractivity contribution in [2.75, 3.05) is 26.2 Å². The highest BCUT2D eigenvalue weighted by Gasteiger charge is 2.13. The topological polar surface area (TPSA) is 12.5 Å². The van der Waals surface area contributed by atoms with Crippen LogP contribution >= 0.6 is 23.2 Å². The fraction of sp³-hybridized carbons (Fsp3) is 0.231. The summed E-state index contributed by atoms with van der Waals surface area (Å²) in [6.45, 7) is 8.00. The van der Waals surface area contributed by atoms with Crippen LogP contribution in [0.4, 0.5) is 0 Å². The fourth-order valence-electron chi connectivity index (χ4n) is 3.32. The highest BCUT2D eigenvalue weighted by atomic mass is 35.5. The minimum atomic E-state index is 0.675. The van der Waals surface area contributed by atoms with E-state index in [9.17, 15) is 0 Å².